The molecule has 1 aliphatic rings. The summed E-state index contributed by atoms with van der Waals surface area (Å²) in [4.78, 5) is 17.6. The van der Waals surface area contributed by atoms with Crippen LogP contribution < -0.4 is 4.90 Å². The maximum atomic E-state index is 13.3. The van der Waals surface area contributed by atoms with Gasteiger partial charge in [0.05, 0.1) is 5.39 Å². The van der Waals surface area contributed by atoms with Crippen molar-refractivity contribution in [3.63, 3.8) is 0 Å². The molecule has 1 aliphatic heterocycles. The fourth-order valence-corrected chi connectivity index (χ4v) is 4.48. The zero-order valence-corrected chi connectivity index (χ0v) is 18.8. The molecular formula is C27H27N3O2. The first-order chi connectivity index (χ1) is 15.5. The monoisotopic (exact) mass is 425 g/mol. The molecule has 1 aromatic heterocycles. The van der Waals surface area contributed by atoms with Crippen LogP contribution in [-0.4, -0.2) is 42.1 Å². The van der Waals surface area contributed by atoms with Gasteiger partial charge in [0.2, 0.25) is 0 Å². The van der Waals surface area contributed by atoms with Crippen molar-refractivity contribution in [1.29, 1.82) is 0 Å². The quantitative estimate of drug-likeness (QED) is 0.442. The Morgan fingerprint density at radius 2 is 1.56 bits per heavy atom. The maximum Gasteiger partial charge on any atom is 0.254 e. The molecule has 0 aliphatic carbocycles. The number of fused-ring (bicyclic) bond motifs is 1. The number of rotatable bonds is 3. The second-order valence-electron chi connectivity index (χ2n) is 8.68. The van der Waals surface area contributed by atoms with Gasteiger partial charge in [0.1, 0.15) is 5.52 Å². The minimum atomic E-state index is 0.0586. The lowest BCUT2D eigenvalue weighted by atomic mass is 10.0. The predicted octanol–water partition coefficient (Wildman–Crippen LogP) is 5.38. The van der Waals surface area contributed by atoms with Crippen LogP contribution in [0.25, 0.3) is 22.2 Å². The number of hydrogen-bond acceptors (Lipinski definition) is 4. The highest BCUT2D eigenvalue weighted by Crippen LogP contribution is 2.30. The summed E-state index contributed by atoms with van der Waals surface area (Å²) < 4.78 is 5.62. The summed E-state index contributed by atoms with van der Waals surface area (Å²) in [5.41, 5.74) is 7.40. The Hall–Kier alpha value is -3.60. The van der Waals surface area contributed by atoms with Gasteiger partial charge in [-0.2, -0.15) is 0 Å². The molecule has 2 heterocycles. The zero-order chi connectivity index (χ0) is 22.2. The van der Waals surface area contributed by atoms with Crippen molar-refractivity contribution in [2.45, 2.75) is 20.8 Å². The molecule has 1 amide bonds. The third-order valence-electron chi connectivity index (χ3n) is 6.30. The van der Waals surface area contributed by atoms with E-state index in [9.17, 15) is 4.79 Å². The molecule has 1 saturated heterocycles. The zero-order valence-electron chi connectivity index (χ0n) is 18.8. The van der Waals surface area contributed by atoms with Gasteiger partial charge in [-0.05, 0) is 50.6 Å². The fourth-order valence-electron chi connectivity index (χ4n) is 4.48. The van der Waals surface area contributed by atoms with Crippen molar-refractivity contribution >= 4 is 22.5 Å². The van der Waals surface area contributed by atoms with E-state index < -0.39 is 0 Å². The predicted molar refractivity (Wildman–Crippen MR) is 128 cm³/mol. The van der Waals surface area contributed by atoms with Gasteiger partial charge in [-0.3, -0.25) is 4.79 Å². The average molecular weight is 426 g/mol. The third kappa shape index (κ3) is 3.75. The molecule has 1 fully saturated rings. The maximum absolute atomic E-state index is 13.3. The minimum Gasteiger partial charge on any atom is -0.368 e. The Labute approximate surface area is 188 Å². The van der Waals surface area contributed by atoms with Crippen LogP contribution in [-0.2, 0) is 0 Å². The lowest BCUT2D eigenvalue weighted by Gasteiger charge is -2.37. The number of piperazine rings is 1. The number of nitrogens with zero attached hydrogens (tertiary/aromatic N) is 3. The van der Waals surface area contributed by atoms with Crippen LogP contribution in [0.4, 0.5) is 5.69 Å². The Morgan fingerprint density at radius 3 is 2.28 bits per heavy atom. The van der Waals surface area contributed by atoms with E-state index in [0.29, 0.717) is 24.4 Å². The van der Waals surface area contributed by atoms with E-state index in [0.717, 1.165) is 29.6 Å². The van der Waals surface area contributed by atoms with Crippen molar-refractivity contribution in [3.8, 4) is 11.3 Å². The van der Waals surface area contributed by atoms with Gasteiger partial charge in [0.15, 0.2) is 5.76 Å². The van der Waals surface area contributed by atoms with Crippen LogP contribution in [0.5, 0.6) is 0 Å². The molecule has 0 radical (unpaired) electrons. The molecule has 5 heteroatoms. The van der Waals surface area contributed by atoms with Crippen molar-refractivity contribution in [1.82, 2.24) is 10.1 Å². The highest BCUT2D eigenvalue weighted by Gasteiger charge is 2.24. The summed E-state index contributed by atoms with van der Waals surface area (Å²) in [6.07, 6.45) is 0. The SMILES string of the molecule is Cc1ccc(-c2onc3ccc(C(=O)N4CCN(c5ccc(C)cc5C)CC4)cc23)cc1. The van der Waals surface area contributed by atoms with Gasteiger partial charge in [0.25, 0.3) is 5.91 Å². The standard InChI is InChI=1S/C27H27N3O2/c1-18-4-7-21(8-5-18)26-23-17-22(9-10-24(23)28-32-26)27(31)30-14-12-29(13-15-30)25-11-6-19(2)16-20(25)3/h4-11,16-17H,12-15H2,1-3H3. The van der Waals surface area contributed by atoms with Gasteiger partial charge < -0.3 is 14.3 Å². The van der Waals surface area contributed by atoms with E-state index in [1.807, 2.05) is 47.4 Å². The first kappa shape index (κ1) is 20.3. The van der Waals surface area contributed by atoms with Crippen molar-refractivity contribution in [3.05, 3.63) is 82.9 Å². The first-order valence-electron chi connectivity index (χ1n) is 11.1. The third-order valence-corrected chi connectivity index (χ3v) is 6.30. The van der Waals surface area contributed by atoms with Crippen LogP contribution >= 0.6 is 0 Å². The smallest absolute Gasteiger partial charge is 0.254 e. The molecule has 5 nitrogen and oxygen atoms in total. The second-order valence-corrected chi connectivity index (χ2v) is 8.68. The highest BCUT2D eigenvalue weighted by molar-refractivity contribution is 6.01. The summed E-state index contributed by atoms with van der Waals surface area (Å²) in [5.74, 6) is 0.762. The molecule has 4 aromatic rings. The van der Waals surface area contributed by atoms with Crippen LogP contribution in [0.15, 0.2) is 65.2 Å². The fraction of sp³-hybridized carbons (Fsp3) is 0.259. The van der Waals surface area contributed by atoms with E-state index in [1.165, 1.54) is 22.4 Å². The Morgan fingerprint density at radius 1 is 0.844 bits per heavy atom. The molecule has 0 unspecified atom stereocenters. The summed E-state index contributed by atoms with van der Waals surface area (Å²) in [6, 6.07) is 20.3. The van der Waals surface area contributed by atoms with Crippen LogP contribution in [0.3, 0.4) is 0 Å². The molecule has 0 spiro atoms. The number of aryl methyl sites for hydroxylation is 3. The summed E-state index contributed by atoms with van der Waals surface area (Å²) >= 11 is 0. The number of benzene rings is 3. The summed E-state index contributed by atoms with van der Waals surface area (Å²) in [6.45, 7) is 9.40. The minimum absolute atomic E-state index is 0.0586. The second kappa shape index (κ2) is 8.15. The van der Waals surface area contributed by atoms with Gasteiger partial charge in [0, 0.05) is 43.0 Å². The number of anilines is 1. The first-order valence-corrected chi connectivity index (χ1v) is 11.1. The average Bonchev–Trinajstić information content (AvgIpc) is 3.23. The van der Waals surface area contributed by atoms with E-state index in [1.54, 1.807) is 0 Å². The molecule has 32 heavy (non-hydrogen) atoms. The molecule has 5 rings (SSSR count). The van der Waals surface area contributed by atoms with Crippen LogP contribution in [0.2, 0.25) is 0 Å². The number of carbonyl (C=O) groups excluding carboxylic acids is 1. The summed E-state index contributed by atoms with van der Waals surface area (Å²) in [5, 5.41) is 5.05. The van der Waals surface area contributed by atoms with Crippen molar-refractivity contribution in [2.75, 3.05) is 31.1 Å². The number of amides is 1. The van der Waals surface area contributed by atoms with Gasteiger partial charge in [-0.15, -0.1) is 0 Å². The molecule has 0 atom stereocenters. The molecule has 0 bridgehead atoms. The Kier molecular flexibility index (Phi) is 5.17. The summed E-state index contributed by atoms with van der Waals surface area (Å²) in [7, 11) is 0. The van der Waals surface area contributed by atoms with E-state index in [2.05, 4.69) is 49.0 Å². The largest absolute Gasteiger partial charge is 0.368 e. The van der Waals surface area contributed by atoms with Gasteiger partial charge >= 0.3 is 0 Å². The Balaban J connectivity index is 1.35. The molecule has 0 saturated carbocycles. The Bertz CT molecular complexity index is 1280. The van der Waals surface area contributed by atoms with Crippen molar-refractivity contribution in [2.24, 2.45) is 0 Å². The van der Waals surface area contributed by atoms with Gasteiger partial charge in [-0.25, -0.2) is 0 Å². The topological polar surface area (TPSA) is 49.6 Å². The van der Waals surface area contributed by atoms with Crippen LogP contribution in [0, 0.1) is 20.8 Å². The highest BCUT2D eigenvalue weighted by atomic mass is 16.5. The van der Waals surface area contributed by atoms with E-state index >= 15 is 0 Å². The molecular weight excluding hydrogens is 398 g/mol. The van der Waals surface area contributed by atoms with E-state index in [-0.39, 0.29) is 5.91 Å². The van der Waals surface area contributed by atoms with E-state index in [4.69, 9.17) is 4.52 Å². The number of hydrogen-bond donors (Lipinski definition) is 0. The molecule has 3 aromatic carbocycles. The molecule has 0 N–H and O–H groups in total. The molecule has 162 valence electrons. The van der Waals surface area contributed by atoms with Gasteiger partial charge in [-0.1, -0.05) is 52.7 Å². The normalized spacial score (nSPS) is 14.2. The lowest BCUT2D eigenvalue weighted by molar-refractivity contribution is 0.0747. The van der Waals surface area contributed by atoms with Crippen LogP contribution in [0.1, 0.15) is 27.0 Å². The lowest BCUT2D eigenvalue weighted by Crippen LogP contribution is -2.49. The number of carbonyl (C=O) groups is 1. The number of aromatic nitrogens is 1. The van der Waals surface area contributed by atoms with Crippen molar-refractivity contribution < 1.29 is 9.32 Å².